The van der Waals surface area contributed by atoms with E-state index < -0.39 is 0 Å². The second-order valence-electron chi connectivity index (χ2n) is 9.41. The molecule has 5 rings (SSSR count). The summed E-state index contributed by atoms with van der Waals surface area (Å²) in [7, 11) is 0. The third-order valence-corrected chi connectivity index (χ3v) is 7.01. The molecule has 1 fully saturated rings. The maximum atomic E-state index is 11.0. The predicted molar refractivity (Wildman–Crippen MR) is 133 cm³/mol. The van der Waals surface area contributed by atoms with Gasteiger partial charge in [-0.05, 0) is 31.2 Å². The molecule has 3 aromatic carbocycles. The first kappa shape index (κ1) is 22.0. The van der Waals surface area contributed by atoms with E-state index in [9.17, 15) is 5.11 Å². The molecule has 1 atom stereocenters. The molecule has 0 bridgehead atoms. The average molecular weight is 446 g/mol. The van der Waals surface area contributed by atoms with Crippen molar-refractivity contribution in [2.45, 2.75) is 19.6 Å². The zero-order valence-corrected chi connectivity index (χ0v) is 19.5. The number of aromatic nitrogens is 1. The Morgan fingerprint density at radius 3 is 2.03 bits per heavy atom. The van der Waals surface area contributed by atoms with Crippen LogP contribution in [0.5, 0.6) is 5.75 Å². The van der Waals surface area contributed by atoms with E-state index in [0.717, 1.165) is 51.6 Å². The monoisotopic (exact) mass is 445 g/mol. The van der Waals surface area contributed by atoms with Crippen LogP contribution in [-0.4, -0.2) is 61.7 Å². The molecule has 5 nitrogen and oxygen atoms in total. The van der Waals surface area contributed by atoms with Crippen molar-refractivity contribution in [1.29, 1.82) is 0 Å². The van der Waals surface area contributed by atoms with E-state index in [-0.39, 0.29) is 6.10 Å². The van der Waals surface area contributed by atoms with Crippen LogP contribution in [0.1, 0.15) is 5.56 Å². The van der Waals surface area contributed by atoms with Gasteiger partial charge in [0, 0.05) is 21.8 Å². The lowest BCUT2D eigenvalue weighted by atomic mass is 10.2. The number of para-hydroxylation sites is 2. The summed E-state index contributed by atoms with van der Waals surface area (Å²) in [5, 5.41) is 13.5. The number of hydrogen-bond acceptors (Lipinski definition) is 2. The highest BCUT2D eigenvalue weighted by Crippen LogP contribution is 2.28. The van der Waals surface area contributed by atoms with Crippen LogP contribution < -0.4 is 14.5 Å². The maximum Gasteiger partial charge on any atom is 0.137 e. The Kier molecular flexibility index (Phi) is 6.63. The van der Waals surface area contributed by atoms with Gasteiger partial charge in [0.2, 0.25) is 0 Å². The van der Waals surface area contributed by atoms with Crippen LogP contribution >= 0.6 is 0 Å². The summed E-state index contributed by atoms with van der Waals surface area (Å²) in [4.78, 5) is 3.11. The molecular weight excluding hydrogens is 410 g/mol. The smallest absolute Gasteiger partial charge is 0.137 e. The van der Waals surface area contributed by atoms with Crippen LogP contribution in [0, 0.1) is 6.92 Å². The zero-order chi connectivity index (χ0) is 22.6. The average Bonchev–Trinajstić information content (AvgIpc) is 3.15. The Labute approximate surface area is 195 Å². The van der Waals surface area contributed by atoms with Gasteiger partial charge < -0.3 is 24.2 Å². The van der Waals surface area contributed by atoms with Crippen LogP contribution in [-0.2, 0) is 6.54 Å². The number of aliphatic hydroxyl groups excluding tert-OH is 1. The molecule has 1 aromatic heterocycles. The quantitative estimate of drug-likeness (QED) is 0.383. The molecule has 0 spiro atoms. The molecule has 4 aromatic rings. The van der Waals surface area contributed by atoms with Gasteiger partial charge in [-0.1, -0.05) is 54.1 Å². The molecule has 172 valence electrons. The first-order valence-electron chi connectivity index (χ1n) is 12.2. The number of aliphatic hydroxyl groups is 1. The minimum Gasteiger partial charge on any atom is -0.488 e. The second kappa shape index (κ2) is 9.96. The Hall–Kier alpha value is -2.86. The maximum absolute atomic E-state index is 11.0. The fourth-order valence-corrected chi connectivity index (χ4v) is 5.17. The van der Waals surface area contributed by atoms with Crippen molar-refractivity contribution in [2.75, 3.05) is 45.9 Å². The van der Waals surface area contributed by atoms with Gasteiger partial charge in [-0.15, -0.1) is 0 Å². The van der Waals surface area contributed by atoms with Crippen molar-refractivity contribution in [3.05, 3.63) is 78.4 Å². The number of fused-ring (bicyclic) bond motifs is 3. The Morgan fingerprint density at radius 1 is 0.818 bits per heavy atom. The van der Waals surface area contributed by atoms with Gasteiger partial charge in [0.05, 0.1) is 6.54 Å². The highest BCUT2D eigenvalue weighted by molar-refractivity contribution is 6.07. The third-order valence-electron chi connectivity index (χ3n) is 7.01. The van der Waals surface area contributed by atoms with Gasteiger partial charge in [-0.3, -0.25) is 0 Å². The van der Waals surface area contributed by atoms with Crippen molar-refractivity contribution in [3.63, 3.8) is 0 Å². The van der Waals surface area contributed by atoms with Gasteiger partial charge in [-0.25, -0.2) is 0 Å². The molecule has 33 heavy (non-hydrogen) atoms. The van der Waals surface area contributed by atoms with E-state index in [4.69, 9.17) is 4.74 Å². The molecule has 1 saturated heterocycles. The number of piperazine rings is 1. The number of quaternary nitrogens is 2. The molecule has 1 unspecified atom stereocenters. The number of benzene rings is 3. The van der Waals surface area contributed by atoms with E-state index in [1.165, 1.54) is 32.3 Å². The number of hydrogen-bond donors (Lipinski definition) is 3. The molecule has 1 aliphatic heterocycles. The molecule has 0 radical (unpaired) electrons. The Balaban J connectivity index is 1.12. The summed E-state index contributed by atoms with van der Waals surface area (Å²) in [6, 6.07) is 25.3. The first-order chi connectivity index (χ1) is 16.2. The number of nitrogens with zero attached hydrogens (tertiary/aromatic N) is 1. The van der Waals surface area contributed by atoms with Gasteiger partial charge in [0.15, 0.2) is 0 Å². The lowest BCUT2D eigenvalue weighted by Gasteiger charge is -2.31. The minimum absolute atomic E-state index is 0.356. The molecule has 5 heteroatoms. The first-order valence-corrected chi connectivity index (χ1v) is 12.2. The van der Waals surface area contributed by atoms with E-state index in [1.807, 2.05) is 12.1 Å². The summed E-state index contributed by atoms with van der Waals surface area (Å²) in [5.74, 6) is 0.956. The number of ether oxygens (including phenoxy) is 1. The van der Waals surface area contributed by atoms with Crippen LogP contribution in [0.3, 0.4) is 0 Å². The van der Waals surface area contributed by atoms with Gasteiger partial charge in [0.1, 0.15) is 57.7 Å². The minimum atomic E-state index is -0.356. The van der Waals surface area contributed by atoms with Gasteiger partial charge in [-0.2, -0.15) is 0 Å². The number of rotatable bonds is 8. The van der Waals surface area contributed by atoms with Crippen molar-refractivity contribution >= 4 is 21.8 Å². The largest absolute Gasteiger partial charge is 0.488 e. The van der Waals surface area contributed by atoms with Crippen LogP contribution in [0.15, 0.2) is 72.8 Å². The zero-order valence-electron chi connectivity index (χ0n) is 19.5. The molecule has 0 saturated carbocycles. The SMILES string of the molecule is Cc1ccc(OCC[NH+]2CC[NH+](CC(O)Cn3c4ccccc4c4ccccc43)CC2)cc1. The second-order valence-corrected chi connectivity index (χ2v) is 9.41. The fraction of sp³-hybridized carbons (Fsp3) is 0.357. The van der Waals surface area contributed by atoms with E-state index in [0.29, 0.717) is 6.54 Å². The molecule has 3 N–H and O–H groups in total. The molecule has 0 amide bonds. The van der Waals surface area contributed by atoms with Crippen molar-refractivity contribution < 1.29 is 19.6 Å². The normalized spacial score (nSPS) is 19.7. The van der Waals surface area contributed by atoms with Crippen molar-refractivity contribution in [2.24, 2.45) is 0 Å². The molecular formula is C28H35N3O2+2. The van der Waals surface area contributed by atoms with Crippen LogP contribution in [0.25, 0.3) is 21.8 Å². The summed E-state index contributed by atoms with van der Waals surface area (Å²) in [5.41, 5.74) is 3.67. The summed E-state index contributed by atoms with van der Waals surface area (Å²) >= 11 is 0. The highest BCUT2D eigenvalue weighted by Gasteiger charge is 2.25. The van der Waals surface area contributed by atoms with E-state index in [2.05, 4.69) is 72.2 Å². The standard InChI is InChI=1S/C28H33N3O2/c1-22-10-12-24(13-11-22)33-19-18-29-14-16-30(17-15-29)20-23(32)21-31-27-8-4-2-6-25(27)26-7-3-5-9-28(26)31/h2-13,23,32H,14-21H2,1H3/p+2. The van der Waals surface area contributed by atoms with Gasteiger partial charge >= 0.3 is 0 Å². The van der Waals surface area contributed by atoms with Crippen LogP contribution in [0.2, 0.25) is 0 Å². The lowest BCUT2D eigenvalue weighted by Crippen LogP contribution is -3.28. The van der Waals surface area contributed by atoms with E-state index in [1.54, 1.807) is 4.90 Å². The van der Waals surface area contributed by atoms with E-state index >= 15 is 0 Å². The van der Waals surface area contributed by atoms with Crippen molar-refractivity contribution in [1.82, 2.24) is 4.57 Å². The number of aryl methyl sites for hydroxylation is 1. The van der Waals surface area contributed by atoms with Crippen LogP contribution in [0.4, 0.5) is 0 Å². The molecule has 1 aliphatic rings. The topological polar surface area (TPSA) is 43.3 Å². The number of nitrogens with one attached hydrogen (secondary N) is 2. The fourth-order valence-electron chi connectivity index (χ4n) is 5.17. The third kappa shape index (κ3) is 5.06. The summed E-state index contributed by atoms with van der Waals surface area (Å²) < 4.78 is 8.20. The Bertz CT molecular complexity index is 1140. The molecule has 0 aliphatic carbocycles. The highest BCUT2D eigenvalue weighted by atomic mass is 16.5. The Morgan fingerprint density at radius 2 is 1.39 bits per heavy atom. The molecule has 2 heterocycles. The predicted octanol–water partition coefficient (Wildman–Crippen LogP) is 1.33. The van der Waals surface area contributed by atoms with Crippen molar-refractivity contribution in [3.8, 4) is 5.75 Å². The van der Waals surface area contributed by atoms with Gasteiger partial charge in [0.25, 0.3) is 0 Å². The summed E-state index contributed by atoms with van der Waals surface area (Å²) in [6.45, 7) is 9.79. The summed E-state index contributed by atoms with van der Waals surface area (Å²) in [6.07, 6.45) is -0.356. The lowest BCUT2D eigenvalue weighted by molar-refractivity contribution is -1.01.